The highest BCUT2D eigenvalue weighted by Gasteiger charge is 2.20. The molecule has 6 heteroatoms. The second-order valence-electron chi connectivity index (χ2n) is 24.9. The zero-order valence-corrected chi connectivity index (χ0v) is 52.7. The number of carbonyl (C=O) groups is 2. The fraction of sp³-hybridized carbons (Fsp3) is 0.972. The Morgan fingerprint density at radius 3 is 0.792 bits per heavy atom. The molecule has 0 spiro atoms. The van der Waals surface area contributed by atoms with Crippen molar-refractivity contribution >= 4 is 11.9 Å². The Balaban J connectivity index is 3.37. The first-order valence-corrected chi connectivity index (χ1v) is 35.8. The summed E-state index contributed by atoms with van der Waals surface area (Å²) >= 11 is 0. The maximum absolute atomic E-state index is 12.6. The molecule has 0 aromatic rings. The van der Waals surface area contributed by atoms with Gasteiger partial charge in [0, 0.05) is 12.8 Å². The molecule has 2 unspecified atom stereocenters. The van der Waals surface area contributed by atoms with E-state index in [2.05, 4.69) is 19.2 Å². The maximum atomic E-state index is 12.6. The lowest BCUT2D eigenvalue weighted by molar-refractivity contribution is -0.143. The fourth-order valence-electron chi connectivity index (χ4n) is 11.7. The fourth-order valence-corrected chi connectivity index (χ4v) is 11.7. The number of esters is 1. The van der Waals surface area contributed by atoms with Crippen LogP contribution in [-0.2, 0) is 14.3 Å². The third kappa shape index (κ3) is 63.9. The Bertz CT molecular complexity index is 1120. The van der Waals surface area contributed by atoms with Gasteiger partial charge in [0.15, 0.2) is 0 Å². The van der Waals surface area contributed by atoms with Crippen LogP contribution < -0.4 is 5.32 Å². The second-order valence-corrected chi connectivity index (χ2v) is 24.9. The summed E-state index contributed by atoms with van der Waals surface area (Å²) in [4.78, 5) is 24.7. The molecule has 6 nitrogen and oxygen atoms in total. The van der Waals surface area contributed by atoms with Crippen LogP contribution in [0.3, 0.4) is 0 Å². The van der Waals surface area contributed by atoms with Gasteiger partial charge in [-0.05, 0) is 25.7 Å². The van der Waals surface area contributed by atoms with E-state index in [1.165, 1.54) is 347 Å². The number of rotatable bonds is 68. The summed E-state index contributed by atoms with van der Waals surface area (Å²) in [6.45, 7) is 5.00. The zero-order valence-electron chi connectivity index (χ0n) is 52.7. The van der Waals surface area contributed by atoms with E-state index in [1.807, 2.05) is 0 Å². The van der Waals surface area contributed by atoms with Crippen molar-refractivity contribution in [3.05, 3.63) is 0 Å². The molecule has 0 heterocycles. The van der Waals surface area contributed by atoms with Crippen molar-refractivity contribution in [1.82, 2.24) is 5.32 Å². The van der Waals surface area contributed by atoms with Gasteiger partial charge in [0.25, 0.3) is 0 Å². The van der Waals surface area contributed by atoms with Crippen LogP contribution >= 0.6 is 0 Å². The highest BCUT2D eigenvalue weighted by atomic mass is 16.5. The van der Waals surface area contributed by atoms with Gasteiger partial charge < -0.3 is 20.3 Å². The minimum absolute atomic E-state index is 0.0149. The average Bonchev–Trinajstić information content (AvgIpc) is 3.43. The van der Waals surface area contributed by atoms with Crippen LogP contribution in [0.25, 0.3) is 0 Å². The van der Waals surface area contributed by atoms with Crippen molar-refractivity contribution < 1.29 is 24.5 Å². The minimum atomic E-state index is -0.667. The standard InChI is InChI=1S/C71H141NO5/c1-3-5-7-9-11-13-15-17-19-21-22-23-24-25-26-28-32-35-39-43-47-51-55-59-63-69(74)68(67-73)72-70(75)64-60-56-52-48-44-40-36-33-29-27-30-34-38-42-46-50-54-58-62-66-77-71(76)65-61-57-53-49-45-41-37-31-20-18-16-14-12-10-8-6-4-2/h68-69,73-74H,3-67H2,1-2H3,(H,72,75). The minimum Gasteiger partial charge on any atom is -0.466 e. The summed E-state index contributed by atoms with van der Waals surface area (Å²) in [6.07, 6.45) is 81.4. The van der Waals surface area contributed by atoms with Crippen LogP contribution in [0.2, 0.25) is 0 Å². The lowest BCUT2D eigenvalue weighted by Gasteiger charge is -2.22. The van der Waals surface area contributed by atoms with Crippen LogP contribution in [0.5, 0.6) is 0 Å². The summed E-state index contributed by atoms with van der Waals surface area (Å²) in [7, 11) is 0. The molecule has 3 N–H and O–H groups in total. The van der Waals surface area contributed by atoms with Crippen LogP contribution in [0.4, 0.5) is 0 Å². The molecule has 0 bridgehead atoms. The van der Waals surface area contributed by atoms with Crippen molar-refractivity contribution in [2.75, 3.05) is 13.2 Å². The predicted octanol–water partition coefficient (Wildman–Crippen LogP) is 23.0. The molecule has 0 aromatic heterocycles. The lowest BCUT2D eigenvalue weighted by atomic mass is 10.0. The van der Waals surface area contributed by atoms with Gasteiger partial charge in [-0.3, -0.25) is 9.59 Å². The summed E-state index contributed by atoms with van der Waals surface area (Å²) in [5, 5.41) is 23.4. The molecule has 0 rings (SSSR count). The molecular weight excluding hydrogens is 947 g/mol. The average molecular weight is 1090 g/mol. The number of aliphatic hydroxyl groups excluding tert-OH is 2. The zero-order chi connectivity index (χ0) is 55.7. The van der Waals surface area contributed by atoms with Crippen LogP contribution in [-0.4, -0.2) is 47.4 Å². The number of hydrogen-bond donors (Lipinski definition) is 3. The topological polar surface area (TPSA) is 95.9 Å². The number of carbonyl (C=O) groups excluding carboxylic acids is 2. The van der Waals surface area contributed by atoms with Gasteiger partial charge in [0.1, 0.15) is 0 Å². The van der Waals surface area contributed by atoms with Crippen LogP contribution in [0.1, 0.15) is 418 Å². The largest absolute Gasteiger partial charge is 0.466 e. The highest BCUT2D eigenvalue weighted by molar-refractivity contribution is 5.76. The Kier molecular flexibility index (Phi) is 66.4. The highest BCUT2D eigenvalue weighted by Crippen LogP contribution is 2.20. The smallest absolute Gasteiger partial charge is 0.305 e. The molecule has 0 saturated carbocycles. The van der Waals surface area contributed by atoms with Gasteiger partial charge in [0.05, 0.1) is 25.4 Å². The Labute approximate surface area is 483 Å². The number of unbranched alkanes of at least 4 members (excludes halogenated alkanes) is 57. The first-order valence-electron chi connectivity index (χ1n) is 35.8. The monoisotopic (exact) mass is 1090 g/mol. The van der Waals surface area contributed by atoms with Crippen molar-refractivity contribution in [2.45, 2.75) is 431 Å². The van der Waals surface area contributed by atoms with Gasteiger partial charge >= 0.3 is 5.97 Å². The molecule has 0 aliphatic carbocycles. The Morgan fingerprint density at radius 1 is 0.312 bits per heavy atom. The summed E-state index contributed by atoms with van der Waals surface area (Å²) in [6, 6.07) is -0.544. The second kappa shape index (κ2) is 67.4. The summed E-state index contributed by atoms with van der Waals surface area (Å²) in [5.41, 5.74) is 0. The molecule has 0 fully saturated rings. The Morgan fingerprint density at radius 2 is 0.532 bits per heavy atom. The molecule has 1 amide bonds. The van der Waals surface area contributed by atoms with E-state index < -0.39 is 12.1 Å². The molecule has 2 atom stereocenters. The molecule has 77 heavy (non-hydrogen) atoms. The summed E-state index contributed by atoms with van der Waals surface area (Å²) < 4.78 is 5.51. The van der Waals surface area contributed by atoms with E-state index in [1.54, 1.807) is 0 Å². The maximum Gasteiger partial charge on any atom is 0.305 e. The van der Waals surface area contributed by atoms with Gasteiger partial charge in [-0.25, -0.2) is 0 Å². The van der Waals surface area contributed by atoms with Crippen molar-refractivity contribution in [2.24, 2.45) is 0 Å². The van der Waals surface area contributed by atoms with Gasteiger partial charge in [-0.15, -0.1) is 0 Å². The third-order valence-corrected chi connectivity index (χ3v) is 17.2. The first kappa shape index (κ1) is 75.9. The normalized spacial score (nSPS) is 12.4. The van der Waals surface area contributed by atoms with Crippen molar-refractivity contribution in [3.63, 3.8) is 0 Å². The van der Waals surface area contributed by atoms with Gasteiger partial charge in [0.2, 0.25) is 5.91 Å². The molecule has 460 valence electrons. The SMILES string of the molecule is CCCCCCCCCCCCCCCCCCCCCCCCCCC(O)C(CO)NC(=O)CCCCCCCCCCCCCCCCCCCCCOC(=O)CCCCCCCCCCCCCCCCCCC. The van der Waals surface area contributed by atoms with E-state index in [0.29, 0.717) is 25.9 Å². The number of hydrogen-bond acceptors (Lipinski definition) is 5. The molecule has 0 aliphatic rings. The van der Waals surface area contributed by atoms with Crippen LogP contribution in [0, 0.1) is 0 Å². The number of aliphatic hydroxyl groups is 2. The first-order chi connectivity index (χ1) is 38.0. The molecule has 0 aliphatic heterocycles. The van der Waals surface area contributed by atoms with Crippen molar-refractivity contribution in [3.8, 4) is 0 Å². The number of amides is 1. The van der Waals surface area contributed by atoms with E-state index in [0.717, 1.165) is 38.5 Å². The van der Waals surface area contributed by atoms with Crippen molar-refractivity contribution in [1.29, 1.82) is 0 Å². The third-order valence-electron chi connectivity index (χ3n) is 17.2. The molecule has 0 radical (unpaired) electrons. The summed E-state index contributed by atoms with van der Waals surface area (Å²) in [5.74, 6) is -0.0169. The van der Waals surface area contributed by atoms with E-state index >= 15 is 0 Å². The predicted molar refractivity (Wildman–Crippen MR) is 338 cm³/mol. The van der Waals surface area contributed by atoms with Crippen LogP contribution in [0.15, 0.2) is 0 Å². The van der Waals surface area contributed by atoms with E-state index in [-0.39, 0.29) is 18.5 Å². The Hall–Kier alpha value is -1.14. The molecular formula is C71H141NO5. The quantitative estimate of drug-likeness (QED) is 0.0417. The molecule has 0 aromatic carbocycles. The number of nitrogens with one attached hydrogen (secondary N) is 1. The lowest BCUT2D eigenvalue weighted by Crippen LogP contribution is -2.45. The number of ether oxygens (including phenoxy) is 1. The van der Waals surface area contributed by atoms with Gasteiger partial charge in [-0.1, -0.05) is 380 Å². The molecule has 0 saturated heterocycles. The van der Waals surface area contributed by atoms with Gasteiger partial charge in [-0.2, -0.15) is 0 Å². The van der Waals surface area contributed by atoms with E-state index in [9.17, 15) is 19.8 Å². The van der Waals surface area contributed by atoms with E-state index in [4.69, 9.17) is 4.74 Å².